The number of rotatable bonds is 0. The van der Waals surface area contributed by atoms with Gasteiger partial charge >= 0.3 is 0 Å². The largest absolute Gasteiger partial charge is 0.290 e. The maximum Gasteiger partial charge on any atom is 0.197 e. The minimum Gasteiger partial charge on any atom is -0.290 e. The van der Waals surface area contributed by atoms with Gasteiger partial charge in [-0.25, -0.2) is 0 Å². The summed E-state index contributed by atoms with van der Waals surface area (Å²) in [6, 6.07) is 0. The van der Waals surface area contributed by atoms with Crippen LogP contribution >= 0.6 is 11.6 Å². The fourth-order valence-electron chi connectivity index (χ4n) is 1.10. The lowest BCUT2D eigenvalue weighted by molar-refractivity contribution is -0.114. The third kappa shape index (κ3) is 4.07. The van der Waals surface area contributed by atoms with Crippen molar-refractivity contribution in [3.8, 4) is 0 Å². The Bertz CT molecular complexity index is 497. The van der Waals surface area contributed by atoms with Gasteiger partial charge in [-0.15, -0.1) is 0 Å². The number of hydrogen-bond donors (Lipinski definition) is 0. The first kappa shape index (κ1) is 14.0. The molecule has 0 spiro atoms. The highest BCUT2D eigenvalue weighted by atomic mass is 35.5. The van der Waals surface area contributed by atoms with Gasteiger partial charge in [0, 0.05) is 11.6 Å². The van der Waals surface area contributed by atoms with E-state index < -0.39 is 0 Å². The standard InChI is InChI=1S/C7H6O2.C6H3ClO2/c1-5-4-6(8)2-3-7(5)9;7-5-3-4(8)1-2-6(5)9/h2-4H,1H3;1-3H. The van der Waals surface area contributed by atoms with Gasteiger partial charge in [-0.3, -0.25) is 19.2 Å². The summed E-state index contributed by atoms with van der Waals surface area (Å²) in [7, 11) is 0. The third-order valence-corrected chi connectivity index (χ3v) is 2.35. The average Bonchev–Trinajstić information content (AvgIpc) is 2.30. The summed E-state index contributed by atoms with van der Waals surface area (Å²) in [5, 5.41) is -0.0116. The Morgan fingerprint density at radius 1 is 0.778 bits per heavy atom. The lowest BCUT2D eigenvalue weighted by Gasteiger charge is -1.96. The zero-order valence-electron chi connectivity index (χ0n) is 9.48. The molecule has 18 heavy (non-hydrogen) atoms. The summed E-state index contributed by atoms with van der Waals surface area (Å²) < 4.78 is 0. The molecule has 0 aromatic heterocycles. The highest BCUT2D eigenvalue weighted by Crippen LogP contribution is 2.08. The Morgan fingerprint density at radius 3 is 1.67 bits per heavy atom. The van der Waals surface area contributed by atoms with E-state index in [1.54, 1.807) is 6.92 Å². The summed E-state index contributed by atoms with van der Waals surface area (Å²) >= 11 is 5.30. The van der Waals surface area contributed by atoms with E-state index in [-0.39, 0.29) is 28.2 Å². The van der Waals surface area contributed by atoms with Crippen molar-refractivity contribution in [1.82, 2.24) is 0 Å². The molecule has 4 nitrogen and oxygen atoms in total. The monoisotopic (exact) mass is 264 g/mol. The Kier molecular flexibility index (Phi) is 4.68. The predicted molar refractivity (Wildman–Crippen MR) is 66.0 cm³/mol. The lowest BCUT2D eigenvalue weighted by atomic mass is 10.1. The molecule has 2 aliphatic rings. The molecular weight excluding hydrogens is 256 g/mol. The molecule has 0 unspecified atom stereocenters. The first-order valence-electron chi connectivity index (χ1n) is 4.98. The van der Waals surface area contributed by atoms with E-state index in [4.69, 9.17) is 11.6 Å². The van der Waals surface area contributed by atoms with Crippen molar-refractivity contribution in [2.24, 2.45) is 0 Å². The lowest BCUT2D eigenvalue weighted by Crippen LogP contribution is -2.03. The third-order valence-electron chi connectivity index (χ3n) is 2.05. The van der Waals surface area contributed by atoms with Crippen molar-refractivity contribution < 1.29 is 19.2 Å². The summed E-state index contributed by atoms with van der Waals surface area (Å²) in [6.45, 7) is 1.63. The Labute approximate surface area is 108 Å². The minimum atomic E-state index is -0.309. The van der Waals surface area contributed by atoms with Gasteiger partial charge in [-0.05, 0) is 37.3 Å². The van der Waals surface area contributed by atoms with Crippen molar-refractivity contribution >= 4 is 34.7 Å². The fraction of sp³-hybridized carbons (Fsp3) is 0.0769. The Balaban J connectivity index is 0.000000180. The van der Waals surface area contributed by atoms with Crippen LogP contribution in [0.5, 0.6) is 0 Å². The second kappa shape index (κ2) is 6.02. The summed E-state index contributed by atoms with van der Waals surface area (Å²) in [4.78, 5) is 42.1. The van der Waals surface area contributed by atoms with E-state index in [9.17, 15) is 19.2 Å². The molecule has 0 amide bonds. The topological polar surface area (TPSA) is 68.3 Å². The summed E-state index contributed by atoms with van der Waals surface area (Å²) in [5.74, 6) is -0.724. The van der Waals surface area contributed by atoms with Crippen LogP contribution in [0.15, 0.2) is 47.1 Å². The molecule has 0 saturated heterocycles. The molecule has 92 valence electrons. The van der Waals surface area contributed by atoms with Gasteiger partial charge in [0.2, 0.25) is 0 Å². The molecule has 2 aliphatic carbocycles. The zero-order valence-corrected chi connectivity index (χ0v) is 10.2. The highest BCUT2D eigenvalue weighted by molar-refractivity contribution is 6.47. The van der Waals surface area contributed by atoms with Gasteiger partial charge in [0.25, 0.3) is 0 Å². The molecule has 0 radical (unpaired) electrons. The molecule has 0 heterocycles. The summed E-state index contributed by atoms with van der Waals surface area (Å²) in [5.41, 5.74) is 0.516. The van der Waals surface area contributed by atoms with E-state index in [0.29, 0.717) is 5.57 Å². The van der Waals surface area contributed by atoms with Crippen molar-refractivity contribution in [1.29, 1.82) is 0 Å². The van der Waals surface area contributed by atoms with E-state index in [0.717, 1.165) is 12.2 Å². The van der Waals surface area contributed by atoms with Crippen LogP contribution in [-0.4, -0.2) is 23.1 Å². The Morgan fingerprint density at radius 2 is 1.28 bits per heavy atom. The van der Waals surface area contributed by atoms with Crippen LogP contribution in [-0.2, 0) is 19.2 Å². The van der Waals surface area contributed by atoms with Crippen LogP contribution < -0.4 is 0 Å². The molecule has 0 saturated carbocycles. The maximum atomic E-state index is 10.6. The highest BCUT2D eigenvalue weighted by Gasteiger charge is 2.09. The van der Waals surface area contributed by atoms with E-state index in [1.165, 1.54) is 24.3 Å². The van der Waals surface area contributed by atoms with Crippen molar-refractivity contribution in [3.05, 3.63) is 47.1 Å². The van der Waals surface area contributed by atoms with Gasteiger partial charge in [-0.1, -0.05) is 11.6 Å². The number of allylic oxidation sites excluding steroid dienone is 8. The number of hydrogen-bond acceptors (Lipinski definition) is 4. The minimum absolute atomic E-state index is 0.0116. The number of halogens is 1. The number of carbonyl (C=O) groups is 4. The average molecular weight is 265 g/mol. The molecule has 5 heteroatoms. The SMILES string of the molecule is CC1=CC(=O)C=CC1=O.O=C1C=CC(=O)C(Cl)=C1. The first-order valence-corrected chi connectivity index (χ1v) is 5.36. The summed E-state index contributed by atoms with van der Waals surface area (Å²) in [6.07, 6.45) is 7.35. The molecule has 0 N–H and O–H groups in total. The van der Waals surface area contributed by atoms with E-state index in [1.807, 2.05) is 0 Å². The van der Waals surface area contributed by atoms with Crippen LogP contribution in [0.2, 0.25) is 0 Å². The zero-order chi connectivity index (χ0) is 13.7. The van der Waals surface area contributed by atoms with Crippen molar-refractivity contribution in [2.45, 2.75) is 6.92 Å². The molecule has 0 aliphatic heterocycles. The molecule has 2 rings (SSSR count). The van der Waals surface area contributed by atoms with Crippen LogP contribution in [0, 0.1) is 0 Å². The fourth-order valence-corrected chi connectivity index (χ4v) is 1.27. The molecule has 0 aromatic carbocycles. The molecular formula is C13H9ClO4. The van der Waals surface area contributed by atoms with Crippen LogP contribution in [0.3, 0.4) is 0 Å². The second-order valence-electron chi connectivity index (χ2n) is 3.52. The van der Waals surface area contributed by atoms with Crippen molar-refractivity contribution in [2.75, 3.05) is 0 Å². The Hall–Kier alpha value is -2.07. The molecule has 0 aromatic rings. The first-order chi connectivity index (χ1) is 8.40. The van der Waals surface area contributed by atoms with E-state index in [2.05, 4.69) is 0 Å². The molecule has 0 fully saturated rings. The van der Waals surface area contributed by atoms with Crippen LogP contribution in [0.25, 0.3) is 0 Å². The molecule has 0 bridgehead atoms. The van der Waals surface area contributed by atoms with Crippen LogP contribution in [0.4, 0.5) is 0 Å². The number of carbonyl (C=O) groups excluding carboxylic acids is 4. The van der Waals surface area contributed by atoms with Gasteiger partial charge in [0.1, 0.15) is 0 Å². The second-order valence-corrected chi connectivity index (χ2v) is 3.93. The predicted octanol–water partition coefficient (Wildman–Crippen LogP) is 1.46. The van der Waals surface area contributed by atoms with Crippen molar-refractivity contribution in [3.63, 3.8) is 0 Å². The smallest absolute Gasteiger partial charge is 0.197 e. The van der Waals surface area contributed by atoms with Gasteiger partial charge in [0.15, 0.2) is 23.1 Å². The normalized spacial score (nSPS) is 18.1. The quantitative estimate of drug-likeness (QED) is 0.621. The van der Waals surface area contributed by atoms with Crippen LogP contribution in [0.1, 0.15) is 6.92 Å². The van der Waals surface area contributed by atoms with Gasteiger partial charge < -0.3 is 0 Å². The van der Waals surface area contributed by atoms with E-state index >= 15 is 0 Å². The maximum absolute atomic E-state index is 10.6. The van der Waals surface area contributed by atoms with Gasteiger partial charge in [0.05, 0.1) is 5.03 Å². The number of ketones is 4. The van der Waals surface area contributed by atoms with Gasteiger partial charge in [-0.2, -0.15) is 0 Å². The molecule has 0 atom stereocenters.